The summed E-state index contributed by atoms with van der Waals surface area (Å²) in [5.41, 5.74) is 0.897. The summed E-state index contributed by atoms with van der Waals surface area (Å²) >= 11 is 7.24. The van der Waals surface area contributed by atoms with Crippen molar-refractivity contribution in [3.63, 3.8) is 0 Å². The van der Waals surface area contributed by atoms with Gasteiger partial charge in [0.1, 0.15) is 5.01 Å². The van der Waals surface area contributed by atoms with Gasteiger partial charge in [-0.1, -0.05) is 68.7 Å². The van der Waals surface area contributed by atoms with Crippen LogP contribution in [0.15, 0.2) is 24.3 Å². The molecule has 0 radical (unpaired) electrons. The minimum absolute atomic E-state index is 0.0297. The third-order valence-electron chi connectivity index (χ3n) is 5.50. The molecule has 2 aromatic rings. The van der Waals surface area contributed by atoms with Crippen molar-refractivity contribution in [1.29, 1.82) is 0 Å². The number of halogens is 1. The first kappa shape index (κ1) is 25.3. The molecule has 1 N–H and O–H groups in total. The molecule has 0 unspecified atom stereocenters. The van der Waals surface area contributed by atoms with Crippen LogP contribution < -0.4 is 5.32 Å². The molecule has 1 aromatic carbocycles. The van der Waals surface area contributed by atoms with Gasteiger partial charge in [0.05, 0.1) is 0 Å². The van der Waals surface area contributed by atoms with Crippen LogP contribution in [0.4, 0.5) is 5.13 Å². The lowest BCUT2D eigenvalue weighted by Crippen LogP contribution is -2.43. The molecule has 6 nitrogen and oxygen atoms in total. The summed E-state index contributed by atoms with van der Waals surface area (Å²) in [7, 11) is 0. The van der Waals surface area contributed by atoms with Gasteiger partial charge in [-0.3, -0.25) is 9.59 Å². The molecule has 0 aliphatic carbocycles. The summed E-state index contributed by atoms with van der Waals surface area (Å²) in [6.45, 7) is 8.72. The molecule has 1 aromatic heterocycles. The van der Waals surface area contributed by atoms with Crippen LogP contribution in [-0.4, -0.2) is 39.5 Å². The highest BCUT2D eigenvalue weighted by Gasteiger charge is 2.26. The smallest absolute Gasteiger partial charge is 0.227 e. The summed E-state index contributed by atoms with van der Waals surface area (Å²) in [5, 5.41) is 12.8. The number of hydrogen-bond donors (Lipinski definition) is 1. The van der Waals surface area contributed by atoms with Crippen molar-refractivity contribution < 1.29 is 9.59 Å². The molecule has 31 heavy (non-hydrogen) atoms. The number of rotatable bonds is 12. The van der Waals surface area contributed by atoms with Gasteiger partial charge in [-0.15, -0.1) is 10.2 Å². The molecule has 0 saturated carbocycles. The minimum atomic E-state index is -0.165. The van der Waals surface area contributed by atoms with Crippen LogP contribution in [0.1, 0.15) is 66.2 Å². The summed E-state index contributed by atoms with van der Waals surface area (Å²) in [6.07, 6.45) is 4.95. The van der Waals surface area contributed by atoms with Gasteiger partial charge in [0.15, 0.2) is 0 Å². The summed E-state index contributed by atoms with van der Waals surface area (Å²) in [6, 6.07) is 7.43. The Morgan fingerprint density at radius 1 is 1.13 bits per heavy atom. The first-order valence-electron chi connectivity index (χ1n) is 11.1. The van der Waals surface area contributed by atoms with Crippen LogP contribution in [0.5, 0.6) is 0 Å². The molecule has 170 valence electrons. The number of amides is 2. The fourth-order valence-electron chi connectivity index (χ4n) is 3.34. The van der Waals surface area contributed by atoms with Crippen LogP contribution >= 0.6 is 22.9 Å². The second-order valence-corrected chi connectivity index (χ2v) is 9.17. The predicted molar refractivity (Wildman–Crippen MR) is 128 cm³/mol. The Kier molecular flexibility index (Phi) is 10.4. The van der Waals surface area contributed by atoms with E-state index in [4.69, 9.17) is 11.6 Å². The van der Waals surface area contributed by atoms with Crippen molar-refractivity contribution in [2.75, 3.05) is 11.9 Å². The van der Waals surface area contributed by atoms with E-state index in [1.807, 2.05) is 24.0 Å². The first-order valence-corrected chi connectivity index (χ1v) is 12.3. The van der Waals surface area contributed by atoms with E-state index < -0.39 is 0 Å². The second kappa shape index (κ2) is 12.8. The zero-order valence-electron chi connectivity index (χ0n) is 18.9. The van der Waals surface area contributed by atoms with E-state index in [2.05, 4.69) is 36.3 Å². The van der Waals surface area contributed by atoms with Crippen molar-refractivity contribution in [3.8, 4) is 10.6 Å². The fourth-order valence-corrected chi connectivity index (χ4v) is 4.23. The summed E-state index contributed by atoms with van der Waals surface area (Å²) < 4.78 is 0. The molecule has 1 heterocycles. The van der Waals surface area contributed by atoms with Gasteiger partial charge in [-0.25, -0.2) is 0 Å². The maximum Gasteiger partial charge on any atom is 0.227 e. The zero-order chi connectivity index (χ0) is 22.8. The molecule has 2 atom stereocenters. The molecule has 2 amide bonds. The average molecular weight is 465 g/mol. The molecular formula is C23H33ClN4O2S. The number of anilines is 1. The fraction of sp³-hybridized carbons (Fsp3) is 0.565. The highest BCUT2D eigenvalue weighted by Crippen LogP contribution is 2.27. The third kappa shape index (κ3) is 7.58. The number of benzene rings is 1. The number of nitrogens with zero attached hydrogens (tertiary/aromatic N) is 3. The number of nitrogens with one attached hydrogen (secondary N) is 1. The van der Waals surface area contributed by atoms with Gasteiger partial charge >= 0.3 is 0 Å². The predicted octanol–water partition coefficient (Wildman–Crippen LogP) is 6.03. The lowest BCUT2D eigenvalue weighted by Gasteiger charge is -2.32. The lowest BCUT2D eigenvalue weighted by atomic mass is 9.96. The zero-order valence-corrected chi connectivity index (χ0v) is 20.4. The van der Waals surface area contributed by atoms with E-state index in [1.54, 1.807) is 12.1 Å². The van der Waals surface area contributed by atoms with Gasteiger partial charge in [0, 0.05) is 35.5 Å². The second-order valence-electron chi connectivity index (χ2n) is 7.75. The Morgan fingerprint density at radius 3 is 2.45 bits per heavy atom. The van der Waals surface area contributed by atoms with Crippen LogP contribution in [0.3, 0.4) is 0 Å². The van der Waals surface area contributed by atoms with Gasteiger partial charge in [0.2, 0.25) is 16.9 Å². The van der Waals surface area contributed by atoms with Crippen molar-refractivity contribution in [2.45, 2.75) is 72.3 Å². The van der Waals surface area contributed by atoms with E-state index in [0.717, 1.165) is 37.7 Å². The summed E-state index contributed by atoms with van der Waals surface area (Å²) in [4.78, 5) is 27.5. The minimum Gasteiger partial charge on any atom is -0.339 e. The van der Waals surface area contributed by atoms with Crippen LogP contribution in [-0.2, 0) is 9.59 Å². The molecule has 8 heteroatoms. The topological polar surface area (TPSA) is 75.2 Å². The van der Waals surface area contributed by atoms with E-state index in [0.29, 0.717) is 21.7 Å². The SMILES string of the molecule is CCCC[C@@H](CC)C(=O)N(CCC(=O)Nc1nnc(-c2ccc(Cl)cc2)s1)[C@@H](C)CC. The normalized spacial score (nSPS) is 12.9. The Morgan fingerprint density at radius 2 is 1.84 bits per heavy atom. The third-order valence-corrected chi connectivity index (χ3v) is 6.64. The van der Waals surface area contributed by atoms with E-state index in [-0.39, 0.29) is 30.2 Å². The van der Waals surface area contributed by atoms with Gasteiger partial charge in [0.25, 0.3) is 0 Å². The molecule has 2 rings (SSSR count). The number of unbranched alkanes of at least 4 members (excludes halogenated alkanes) is 1. The van der Waals surface area contributed by atoms with Crippen molar-refractivity contribution in [2.24, 2.45) is 5.92 Å². The Bertz CT molecular complexity index is 840. The Hall–Kier alpha value is -1.99. The molecule has 0 aliphatic heterocycles. The molecular weight excluding hydrogens is 432 g/mol. The highest BCUT2D eigenvalue weighted by atomic mass is 35.5. The molecule has 0 fully saturated rings. The Labute approximate surface area is 194 Å². The van der Waals surface area contributed by atoms with Gasteiger partial charge < -0.3 is 10.2 Å². The van der Waals surface area contributed by atoms with Gasteiger partial charge in [-0.05, 0) is 38.3 Å². The van der Waals surface area contributed by atoms with Crippen molar-refractivity contribution in [3.05, 3.63) is 29.3 Å². The van der Waals surface area contributed by atoms with E-state index in [1.165, 1.54) is 11.3 Å². The molecule has 0 spiro atoms. The van der Waals surface area contributed by atoms with Crippen molar-refractivity contribution in [1.82, 2.24) is 15.1 Å². The van der Waals surface area contributed by atoms with Crippen LogP contribution in [0, 0.1) is 5.92 Å². The van der Waals surface area contributed by atoms with Crippen LogP contribution in [0.25, 0.3) is 10.6 Å². The number of carbonyl (C=O) groups is 2. The average Bonchev–Trinajstić information content (AvgIpc) is 3.22. The number of aromatic nitrogens is 2. The van der Waals surface area contributed by atoms with Crippen LogP contribution in [0.2, 0.25) is 5.02 Å². The standard InChI is InChI=1S/C23H33ClN4O2S/c1-5-8-9-17(7-3)22(30)28(16(4)6-2)15-14-20(29)25-23-27-26-21(31-23)18-10-12-19(24)13-11-18/h10-13,16-17H,5-9,14-15H2,1-4H3,(H,25,27,29)/t16-,17+/m0/s1. The highest BCUT2D eigenvalue weighted by molar-refractivity contribution is 7.18. The molecule has 0 aliphatic rings. The first-order chi connectivity index (χ1) is 14.9. The quantitative estimate of drug-likeness (QED) is 0.416. The molecule has 0 saturated heterocycles. The molecule has 0 bridgehead atoms. The summed E-state index contributed by atoms with van der Waals surface area (Å²) in [5.74, 6) is 0.0302. The lowest BCUT2D eigenvalue weighted by molar-refractivity contribution is -0.138. The van der Waals surface area contributed by atoms with E-state index >= 15 is 0 Å². The van der Waals surface area contributed by atoms with Crippen molar-refractivity contribution >= 4 is 39.9 Å². The maximum atomic E-state index is 13.1. The number of carbonyl (C=O) groups excluding carboxylic acids is 2. The maximum absolute atomic E-state index is 13.1. The van der Waals surface area contributed by atoms with E-state index in [9.17, 15) is 9.59 Å². The largest absolute Gasteiger partial charge is 0.339 e. The number of hydrogen-bond acceptors (Lipinski definition) is 5. The Balaban J connectivity index is 1.96. The van der Waals surface area contributed by atoms with Gasteiger partial charge in [-0.2, -0.15) is 0 Å². The monoisotopic (exact) mass is 464 g/mol.